The number of aromatic nitrogens is 2. The molecule has 30 heavy (non-hydrogen) atoms. The Kier molecular flexibility index (Phi) is 6.14. The van der Waals surface area contributed by atoms with Gasteiger partial charge in [0.1, 0.15) is 5.69 Å². The maximum atomic E-state index is 12.9. The number of rotatable bonds is 6. The molecule has 0 spiro atoms. The second-order valence-electron chi connectivity index (χ2n) is 7.32. The highest BCUT2D eigenvalue weighted by molar-refractivity contribution is 6.31. The molecule has 1 N–H and O–H groups in total. The second-order valence-corrected chi connectivity index (χ2v) is 7.72. The number of carbonyl (C=O) groups is 2. The van der Waals surface area contributed by atoms with E-state index in [-0.39, 0.29) is 18.4 Å². The van der Waals surface area contributed by atoms with Crippen LogP contribution in [0.4, 0.5) is 0 Å². The zero-order valence-electron chi connectivity index (χ0n) is 16.6. The van der Waals surface area contributed by atoms with Gasteiger partial charge in [-0.05, 0) is 24.5 Å². The molecule has 4 rings (SSSR count). The van der Waals surface area contributed by atoms with Crippen molar-refractivity contribution in [3.05, 3.63) is 76.9 Å². The zero-order chi connectivity index (χ0) is 20.9. The van der Waals surface area contributed by atoms with E-state index in [0.717, 1.165) is 37.1 Å². The van der Waals surface area contributed by atoms with Crippen LogP contribution in [0.3, 0.4) is 0 Å². The Morgan fingerprint density at radius 3 is 2.43 bits per heavy atom. The summed E-state index contributed by atoms with van der Waals surface area (Å²) in [5.74, 6) is -0.364. The first kappa shape index (κ1) is 20.2. The molecule has 1 saturated heterocycles. The van der Waals surface area contributed by atoms with Gasteiger partial charge in [0.15, 0.2) is 0 Å². The van der Waals surface area contributed by atoms with Crippen LogP contribution in [0.25, 0.3) is 11.3 Å². The van der Waals surface area contributed by atoms with Gasteiger partial charge in [-0.3, -0.25) is 14.3 Å². The molecule has 0 aliphatic carbocycles. The number of carbonyl (C=O) groups excluding carboxylic acids is 2. The van der Waals surface area contributed by atoms with Crippen LogP contribution in [0.1, 0.15) is 28.8 Å². The van der Waals surface area contributed by atoms with Crippen LogP contribution in [0, 0.1) is 0 Å². The van der Waals surface area contributed by atoms with E-state index in [1.165, 1.54) is 0 Å². The van der Waals surface area contributed by atoms with Crippen molar-refractivity contribution in [1.29, 1.82) is 0 Å². The Bertz CT molecular complexity index is 1040. The average molecular weight is 423 g/mol. The fourth-order valence-electron chi connectivity index (χ4n) is 3.61. The first-order chi connectivity index (χ1) is 14.6. The minimum atomic E-state index is -0.313. The van der Waals surface area contributed by atoms with Gasteiger partial charge in [-0.15, -0.1) is 0 Å². The number of halogens is 1. The SMILES string of the molecule is O=C(NCC(=O)N1CCCC1)c1cn(Cc2ccccc2Cl)nc1-c1ccccc1. The minimum absolute atomic E-state index is 0.0112. The largest absolute Gasteiger partial charge is 0.343 e. The van der Waals surface area contributed by atoms with Gasteiger partial charge in [0.05, 0.1) is 18.7 Å². The van der Waals surface area contributed by atoms with Crippen LogP contribution >= 0.6 is 11.6 Å². The Morgan fingerprint density at radius 1 is 1.00 bits per heavy atom. The fraction of sp³-hybridized carbons (Fsp3) is 0.261. The summed E-state index contributed by atoms with van der Waals surface area (Å²) in [5.41, 5.74) is 2.76. The number of hydrogen-bond donors (Lipinski definition) is 1. The molecule has 2 heterocycles. The lowest BCUT2D eigenvalue weighted by atomic mass is 10.1. The van der Waals surface area contributed by atoms with Crippen LogP contribution in [-0.2, 0) is 11.3 Å². The molecular formula is C23H23ClN4O2. The lowest BCUT2D eigenvalue weighted by Gasteiger charge is -2.15. The molecule has 6 nitrogen and oxygen atoms in total. The van der Waals surface area contributed by atoms with Crippen LogP contribution in [0.5, 0.6) is 0 Å². The lowest BCUT2D eigenvalue weighted by Crippen LogP contribution is -2.38. The van der Waals surface area contributed by atoms with Crippen LogP contribution in [0.15, 0.2) is 60.8 Å². The summed E-state index contributed by atoms with van der Waals surface area (Å²) in [5, 5.41) is 8.06. The molecule has 0 atom stereocenters. The number of amides is 2. The number of benzene rings is 2. The molecule has 1 aromatic heterocycles. The minimum Gasteiger partial charge on any atom is -0.343 e. The summed E-state index contributed by atoms with van der Waals surface area (Å²) < 4.78 is 1.71. The molecule has 7 heteroatoms. The van der Waals surface area contributed by atoms with Crippen LogP contribution < -0.4 is 5.32 Å². The van der Waals surface area contributed by atoms with E-state index in [1.54, 1.807) is 15.8 Å². The summed E-state index contributed by atoms with van der Waals surface area (Å²) in [7, 11) is 0. The highest BCUT2D eigenvalue weighted by Gasteiger charge is 2.21. The van der Waals surface area contributed by atoms with Gasteiger partial charge in [-0.25, -0.2) is 0 Å². The van der Waals surface area contributed by atoms with E-state index in [0.29, 0.717) is 22.8 Å². The maximum Gasteiger partial charge on any atom is 0.255 e. The molecule has 154 valence electrons. The first-order valence-corrected chi connectivity index (χ1v) is 10.4. The van der Waals surface area contributed by atoms with E-state index in [2.05, 4.69) is 10.4 Å². The third-order valence-electron chi connectivity index (χ3n) is 5.20. The monoisotopic (exact) mass is 422 g/mol. The quantitative estimate of drug-likeness (QED) is 0.660. The number of nitrogens with zero attached hydrogens (tertiary/aromatic N) is 3. The van der Waals surface area contributed by atoms with Crippen molar-refractivity contribution in [3.63, 3.8) is 0 Å². The number of nitrogens with one attached hydrogen (secondary N) is 1. The van der Waals surface area contributed by atoms with E-state index in [9.17, 15) is 9.59 Å². The van der Waals surface area contributed by atoms with E-state index in [4.69, 9.17) is 11.6 Å². The van der Waals surface area contributed by atoms with E-state index >= 15 is 0 Å². The molecule has 1 aliphatic rings. The third-order valence-corrected chi connectivity index (χ3v) is 5.57. The van der Waals surface area contributed by atoms with Gasteiger partial charge in [0.2, 0.25) is 5.91 Å². The predicted octanol–water partition coefficient (Wildman–Crippen LogP) is 3.60. The first-order valence-electron chi connectivity index (χ1n) is 10.0. The molecule has 0 bridgehead atoms. The van der Waals surface area contributed by atoms with Crippen molar-refractivity contribution >= 4 is 23.4 Å². The maximum absolute atomic E-state index is 12.9. The topological polar surface area (TPSA) is 67.2 Å². The van der Waals surface area contributed by atoms with Gasteiger partial charge < -0.3 is 10.2 Å². The standard InChI is InChI=1S/C23H23ClN4O2/c24-20-11-5-4-10-18(20)15-28-16-19(22(26-28)17-8-2-1-3-9-17)23(30)25-14-21(29)27-12-6-7-13-27/h1-5,8-11,16H,6-7,12-15H2,(H,25,30). The molecular weight excluding hydrogens is 400 g/mol. The zero-order valence-corrected chi connectivity index (χ0v) is 17.3. The molecule has 1 aliphatic heterocycles. The molecule has 2 amide bonds. The Morgan fingerprint density at radius 2 is 1.70 bits per heavy atom. The van der Waals surface area contributed by atoms with E-state index in [1.807, 2.05) is 54.6 Å². The summed E-state index contributed by atoms with van der Waals surface area (Å²) >= 11 is 6.28. The van der Waals surface area contributed by atoms with Crippen molar-refractivity contribution in [3.8, 4) is 11.3 Å². The number of likely N-dealkylation sites (tertiary alicyclic amines) is 1. The van der Waals surface area contributed by atoms with Crippen molar-refractivity contribution in [2.75, 3.05) is 19.6 Å². The molecule has 3 aromatic rings. The second kappa shape index (κ2) is 9.13. The molecule has 0 unspecified atom stereocenters. The predicted molar refractivity (Wildman–Crippen MR) is 116 cm³/mol. The van der Waals surface area contributed by atoms with Crippen molar-refractivity contribution in [2.24, 2.45) is 0 Å². The normalized spacial score (nSPS) is 13.4. The highest BCUT2D eigenvalue weighted by atomic mass is 35.5. The van der Waals surface area contributed by atoms with Crippen LogP contribution in [-0.4, -0.2) is 46.1 Å². The molecule has 2 aromatic carbocycles. The Hall–Kier alpha value is -3.12. The van der Waals surface area contributed by atoms with Crippen molar-refractivity contribution in [1.82, 2.24) is 20.0 Å². The Labute approximate surface area is 180 Å². The van der Waals surface area contributed by atoms with Gasteiger partial charge in [0.25, 0.3) is 5.91 Å². The molecule has 0 radical (unpaired) electrons. The van der Waals surface area contributed by atoms with Crippen molar-refractivity contribution in [2.45, 2.75) is 19.4 Å². The van der Waals surface area contributed by atoms with Gasteiger partial charge in [0, 0.05) is 29.9 Å². The van der Waals surface area contributed by atoms with Crippen molar-refractivity contribution < 1.29 is 9.59 Å². The van der Waals surface area contributed by atoms with Crippen LogP contribution in [0.2, 0.25) is 5.02 Å². The highest BCUT2D eigenvalue weighted by Crippen LogP contribution is 2.23. The Balaban J connectivity index is 1.57. The van der Waals surface area contributed by atoms with Gasteiger partial charge in [-0.1, -0.05) is 60.1 Å². The summed E-state index contributed by atoms with van der Waals surface area (Å²) in [6.07, 6.45) is 3.75. The summed E-state index contributed by atoms with van der Waals surface area (Å²) in [4.78, 5) is 27.0. The van der Waals surface area contributed by atoms with Gasteiger partial charge in [-0.2, -0.15) is 5.10 Å². The lowest BCUT2D eigenvalue weighted by molar-refractivity contribution is -0.129. The number of hydrogen-bond acceptors (Lipinski definition) is 3. The molecule has 0 saturated carbocycles. The summed E-state index contributed by atoms with van der Waals surface area (Å²) in [6, 6.07) is 17.1. The fourth-order valence-corrected chi connectivity index (χ4v) is 3.80. The third kappa shape index (κ3) is 4.54. The summed E-state index contributed by atoms with van der Waals surface area (Å²) in [6.45, 7) is 1.96. The smallest absolute Gasteiger partial charge is 0.255 e. The molecule has 1 fully saturated rings. The average Bonchev–Trinajstić information content (AvgIpc) is 3.44. The van der Waals surface area contributed by atoms with E-state index < -0.39 is 0 Å². The van der Waals surface area contributed by atoms with Gasteiger partial charge >= 0.3 is 0 Å².